The van der Waals surface area contributed by atoms with Crippen LogP contribution in [0.5, 0.6) is 0 Å². The maximum atomic E-state index is 13.9. The molecule has 6 nitrogen and oxygen atoms in total. The molecule has 0 aliphatic carbocycles. The monoisotopic (exact) mass is 296 g/mol. The van der Waals surface area contributed by atoms with Crippen molar-refractivity contribution in [3.63, 3.8) is 0 Å². The summed E-state index contributed by atoms with van der Waals surface area (Å²) >= 11 is 0. The van der Waals surface area contributed by atoms with E-state index < -0.39 is 22.2 Å². The van der Waals surface area contributed by atoms with Gasteiger partial charge in [-0.1, -0.05) is 0 Å². The van der Waals surface area contributed by atoms with Gasteiger partial charge in [-0.25, -0.2) is 8.78 Å². The number of nitriles is 1. The van der Waals surface area contributed by atoms with E-state index in [-0.39, 0.29) is 11.7 Å². The molecule has 1 aliphatic heterocycles. The average molecular weight is 296 g/mol. The molecule has 1 aromatic rings. The van der Waals surface area contributed by atoms with Gasteiger partial charge in [-0.05, 0) is 6.92 Å². The van der Waals surface area contributed by atoms with Crippen molar-refractivity contribution in [2.75, 3.05) is 31.1 Å². The lowest BCUT2D eigenvalue weighted by Crippen LogP contribution is -2.49. The van der Waals surface area contributed by atoms with E-state index >= 15 is 0 Å². The van der Waals surface area contributed by atoms with Gasteiger partial charge in [-0.2, -0.15) is 5.26 Å². The Labute approximate surface area is 120 Å². The molecule has 1 fully saturated rings. The lowest BCUT2D eigenvalue weighted by atomic mass is 10.2. The number of anilines is 1. The number of piperazine rings is 1. The Morgan fingerprint density at radius 1 is 1.29 bits per heavy atom. The lowest BCUT2D eigenvalue weighted by molar-refractivity contribution is -0.385. The summed E-state index contributed by atoms with van der Waals surface area (Å²) in [6, 6.07) is 3.31. The second-order valence-corrected chi connectivity index (χ2v) is 4.84. The largest absolute Gasteiger partial charge is 0.364 e. The fourth-order valence-electron chi connectivity index (χ4n) is 2.37. The van der Waals surface area contributed by atoms with E-state index in [1.807, 2.05) is 4.90 Å². The van der Waals surface area contributed by atoms with Crippen molar-refractivity contribution in [2.45, 2.75) is 13.0 Å². The number of benzene rings is 1. The van der Waals surface area contributed by atoms with E-state index in [4.69, 9.17) is 5.26 Å². The molecule has 1 unspecified atom stereocenters. The number of rotatable bonds is 3. The molecule has 0 radical (unpaired) electrons. The van der Waals surface area contributed by atoms with Gasteiger partial charge in [0.2, 0.25) is 0 Å². The van der Waals surface area contributed by atoms with Crippen LogP contribution in [0.25, 0.3) is 0 Å². The summed E-state index contributed by atoms with van der Waals surface area (Å²) in [4.78, 5) is 13.2. The minimum Gasteiger partial charge on any atom is -0.364 e. The zero-order valence-electron chi connectivity index (χ0n) is 11.4. The number of nitro benzene ring substituents is 1. The van der Waals surface area contributed by atoms with Crippen molar-refractivity contribution in [1.82, 2.24) is 4.90 Å². The SMILES string of the molecule is CC(C#N)N1CCN(c2c(F)cc([N+](=O)[O-])cc2F)CC1. The lowest BCUT2D eigenvalue weighted by Gasteiger charge is -2.37. The standard InChI is InChI=1S/C13H14F2N4O2/c1-9(8-16)17-2-4-18(5-3-17)13-11(14)6-10(19(20)21)7-12(13)15/h6-7,9H,2-5H2,1H3. The zero-order chi connectivity index (χ0) is 15.6. The van der Waals surface area contributed by atoms with E-state index in [0.29, 0.717) is 26.2 Å². The van der Waals surface area contributed by atoms with Crippen LogP contribution in [-0.4, -0.2) is 42.0 Å². The topological polar surface area (TPSA) is 73.4 Å². The van der Waals surface area contributed by atoms with Gasteiger partial charge in [-0.3, -0.25) is 15.0 Å². The second-order valence-electron chi connectivity index (χ2n) is 4.84. The Bertz CT molecular complexity index is 571. The van der Waals surface area contributed by atoms with Gasteiger partial charge in [0.1, 0.15) is 5.69 Å². The second kappa shape index (κ2) is 6.01. The van der Waals surface area contributed by atoms with Gasteiger partial charge in [0.15, 0.2) is 11.6 Å². The number of hydrogen-bond acceptors (Lipinski definition) is 5. The van der Waals surface area contributed by atoms with Crippen molar-refractivity contribution in [3.05, 3.63) is 33.9 Å². The molecule has 0 N–H and O–H groups in total. The molecule has 1 heterocycles. The fraction of sp³-hybridized carbons (Fsp3) is 0.462. The van der Waals surface area contributed by atoms with Crippen molar-refractivity contribution in [3.8, 4) is 6.07 Å². The highest BCUT2D eigenvalue weighted by atomic mass is 19.1. The van der Waals surface area contributed by atoms with E-state index in [2.05, 4.69) is 6.07 Å². The van der Waals surface area contributed by atoms with Crippen LogP contribution in [0.1, 0.15) is 6.92 Å². The summed E-state index contributed by atoms with van der Waals surface area (Å²) in [7, 11) is 0. The number of nitro groups is 1. The summed E-state index contributed by atoms with van der Waals surface area (Å²) in [6.45, 7) is 3.49. The summed E-state index contributed by atoms with van der Waals surface area (Å²) in [5.74, 6) is -1.88. The van der Waals surface area contributed by atoms with Gasteiger partial charge in [0.05, 0.1) is 29.2 Å². The van der Waals surface area contributed by atoms with Crippen molar-refractivity contribution >= 4 is 11.4 Å². The van der Waals surface area contributed by atoms with Crippen LogP contribution in [0.4, 0.5) is 20.2 Å². The van der Waals surface area contributed by atoms with Crippen LogP contribution in [-0.2, 0) is 0 Å². The molecule has 1 atom stereocenters. The van der Waals surface area contributed by atoms with E-state index in [1.165, 1.54) is 4.90 Å². The highest BCUT2D eigenvalue weighted by molar-refractivity contribution is 5.54. The summed E-state index contributed by atoms with van der Waals surface area (Å²) in [5, 5.41) is 19.4. The van der Waals surface area contributed by atoms with Gasteiger partial charge in [0, 0.05) is 26.2 Å². The average Bonchev–Trinajstić information content (AvgIpc) is 2.46. The van der Waals surface area contributed by atoms with E-state index in [9.17, 15) is 18.9 Å². The minimum atomic E-state index is -0.941. The smallest absolute Gasteiger partial charge is 0.275 e. The molecule has 21 heavy (non-hydrogen) atoms. The summed E-state index contributed by atoms with van der Waals surface area (Å²) in [6.07, 6.45) is 0. The minimum absolute atomic E-state index is 0.245. The molecule has 112 valence electrons. The zero-order valence-corrected chi connectivity index (χ0v) is 11.4. The summed E-state index contributed by atoms with van der Waals surface area (Å²) in [5.41, 5.74) is -0.852. The fourth-order valence-corrected chi connectivity index (χ4v) is 2.37. The van der Waals surface area contributed by atoms with Crippen molar-refractivity contribution in [2.24, 2.45) is 0 Å². The van der Waals surface area contributed by atoms with Gasteiger partial charge in [0.25, 0.3) is 5.69 Å². The first-order valence-corrected chi connectivity index (χ1v) is 6.46. The van der Waals surface area contributed by atoms with Crippen molar-refractivity contribution < 1.29 is 13.7 Å². The predicted molar refractivity (Wildman–Crippen MR) is 71.9 cm³/mol. The molecule has 8 heteroatoms. The Morgan fingerprint density at radius 2 is 1.81 bits per heavy atom. The quantitative estimate of drug-likeness (QED) is 0.629. The van der Waals surface area contributed by atoms with Crippen LogP contribution in [0.2, 0.25) is 0 Å². The van der Waals surface area contributed by atoms with Crippen LogP contribution in [0.15, 0.2) is 12.1 Å². The van der Waals surface area contributed by atoms with E-state index in [0.717, 1.165) is 12.1 Å². The van der Waals surface area contributed by atoms with Gasteiger partial charge in [-0.15, -0.1) is 0 Å². The van der Waals surface area contributed by atoms with Gasteiger partial charge < -0.3 is 4.90 Å². The normalized spacial score (nSPS) is 17.3. The van der Waals surface area contributed by atoms with E-state index in [1.54, 1.807) is 6.92 Å². The van der Waals surface area contributed by atoms with Crippen molar-refractivity contribution in [1.29, 1.82) is 5.26 Å². The molecular weight excluding hydrogens is 282 g/mol. The molecule has 1 aliphatic rings. The predicted octanol–water partition coefficient (Wildman–Crippen LogP) is 1.91. The third-order valence-corrected chi connectivity index (χ3v) is 3.58. The molecule has 0 amide bonds. The molecule has 2 rings (SSSR count). The number of hydrogen-bond donors (Lipinski definition) is 0. The highest BCUT2D eigenvalue weighted by Gasteiger charge is 2.26. The number of halogens is 2. The molecule has 0 bridgehead atoms. The Kier molecular flexibility index (Phi) is 4.33. The maximum absolute atomic E-state index is 13.9. The van der Waals surface area contributed by atoms with Crippen LogP contribution in [0.3, 0.4) is 0 Å². The number of non-ortho nitro benzene ring substituents is 1. The molecule has 1 saturated heterocycles. The molecule has 1 aromatic carbocycles. The molecule has 0 saturated carbocycles. The Hall–Kier alpha value is -2.27. The first-order chi connectivity index (χ1) is 9.93. The van der Waals surface area contributed by atoms with Crippen LogP contribution >= 0.6 is 0 Å². The maximum Gasteiger partial charge on any atom is 0.275 e. The molecule has 0 spiro atoms. The first-order valence-electron chi connectivity index (χ1n) is 6.46. The third-order valence-electron chi connectivity index (χ3n) is 3.58. The molecule has 0 aromatic heterocycles. The Morgan fingerprint density at radius 3 is 2.24 bits per heavy atom. The third kappa shape index (κ3) is 3.08. The molecular formula is C13H14F2N4O2. The van der Waals surface area contributed by atoms with Crippen LogP contribution < -0.4 is 4.90 Å². The Balaban J connectivity index is 2.18. The van der Waals surface area contributed by atoms with Gasteiger partial charge >= 0.3 is 0 Å². The highest BCUT2D eigenvalue weighted by Crippen LogP contribution is 2.29. The van der Waals surface area contributed by atoms with Crippen LogP contribution in [0, 0.1) is 33.1 Å². The number of nitrogens with zero attached hydrogens (tertiary/aromatic N) is 4. The first kappa shape index (κ1) is 15.1. The summed E-state index contributed by atoms with van der Waals surface area (Å²) < 4.78 is 27.9.